The van der Waals surface area contributed by atoms with E-state index in [0.29, 0.717) is 5.71 Å². The molecular weight excluding hydrogens is 196 g/mol. The number of carbonyl (C=O) groups excluding carboxylic acids is 1. The molecule has 0 aliphatic carbocycles. The SMILES string of the molecule is CC1(NO)C(=O)NN=C1c1ccncc1. The molecule has 0 aromatic carbocycles. The first kappa shape index (κ1) is 9.75. The lowest BCUT2D eigenvalue weighted by molar-refractivity contribution is -0.126. The Morgan fingerprint density at radius 1 is 1.47 bits per heavy atom. The van der Waals surface area contributed by atoms with Crippen LogP contribution in [0.2, 0.25) is 0 Å². The van der Waals surface area contributed by atoms with E-state index < -0.39 is 11.4 Å². The molecule has 0 radical (unpaired) electrons. The standard InChI is InChI=1S/C9H10N4O2/c1-9(13-15)7(11-12-8(9)14)6-2-4-10-5-3-6/h2-5,13,15H,1H3,(H,12,14). The summed E-state index contributed by atoms with van der Waals surface area (Å²) in [5, 5.41) is 12.9. The van der Waals surface area contributed by atoms with Crippen LogP contribution in [0.25, 0.3) is 0 Å². The molecular formula is C9H10N4O2. The maximum absolute atomic E-state index is 11.4. The van der Waals surface area contributed by atoms with Gasteiger partial charge in [0.15, 0.2) is 5.54 Å². The Labute approximate surface area is 86.0 Å². The van der Waals surface area contributed by atoms with Gasteiger partial charge in [0.25, 0.3) is 5.91 Å². The summed E-state index contributed by atoms with van der Waals surface area (Å²) in [4.78, 5) is 15.3. The number of hydrogen-bond acceptors (Lipinski definition) is 5. The molecule has 0 bridgehead atoms. The fourth-order valence-electron chi connectivity index (χ4n) is 1.40. The number of hydroxylamine groups is 1. The monoisotopic (exact) mass is 206 g/mol. The minimum Gasteiger partial charge on any atom is -0.315 e. The third-order valence-corrected chi connectivity index (χ3v) is 2.37. The average molecular weight is 206 g/mol. The zero-order chi connectivity index (χ0) is 10.9. The first-order valence-corrected chi connectivity index (χ1v) is 4.39. The molecule has 15 heavy (non-hydrogen) atoms. The lowest BCUT2D eigenvalue weighted by atomic mass is 9.92. The normalized spacial score (nSPS) is 24.9. The summed E-state index contributed by atoms with van der Waals surface area (Å²) in [6, 6.07) is 3.43. The molecule has 2 rings (SSSR count). The van der Waals surface area contributed by atoms with Gasteiger partial charge in [-0.05, 0) is 19.1 Å². The van der Waals surface area contributed by atoms with Crippen molar-refractivity contribution in [2.45, 2.75) is 12.5 Å². The van der Waals surface area contributed by atoms with Gasteiger partial charge in [0.1, 0.15) is 0 Å². The number of rotatable bonds is 2. The summed E-state index contributed by atoms with van der Waals surface area (Å²) in [5.74, 6) is -0.392. The van der Waals surface area contributed by atoms with Gasteiger partial charge in [-0.1, -0.05) is 0 Å². The second-order valence-corrected chi connectivity index (χ2v) is 3.37. The van der Waals surface area contributed by atoms with Gasteiger partial charge in [-0.25, -0.2) is 5.43 Å². The zero-order valence-corrected chi connectivity index (χ0v) is 8.06. The molecule has 1 aromatic rings. The Balaban J connectivity index is 2.43. The van der Waals surface area contributed by atoms with E-state index >= 15 is 0 Å². The number of hydrazone groups is 1. The highest BCUT2D eigenvalue weighted by Gasteiger charge is 2.43. The molecule has 1 aliphatic rings. The predicted octanol–water partition coefficient (Wildman–Crippen LogP) is -0.347. The third-order valence-electron chi connectivity index (χ3n) is 2.37. The van der Waals surface area contributed by atoms with Gasteiger partial charge in [0, 0.05) is 18.0 Å². The smallest absolute Gasteiger partial charge is 0.268 e. The van der Waals surface area contributed by atoms with Gasteiger partial charge in [-0.2, -0.15) is 10.6 Å². The van der Waals surface area contributed by atoms with E-state index in [0.717, 1.165) is 5.56 Å². The molecule has 0 saturated heterocycles. The van der Waals surface area contributed by atoms with E-state index in [-0.39, 0.29) is 0 Å². The zero-order valence-electron chi connectivity index (χ0n) is 8.06. The molecule has 0 fully saturated rings. The molecule has 3 N–H and O–H groups in total. The molecule has 6 heteroatoms. The van der Waals surface area contributed by atoms with Crippen molar-refractivity contribution in [2.24, 2.45) is 5.10 Å². The summed E-state index contributed by atoms with van der Waals surface area (Å²) >= 11 is 0. The van der Waals surface area contributed by atoms with E-state index in [1.165, 1.54) is 0 Å². The van der Waals surface area contributed by atoms with Crippen molar-refractivity contribution in [3.63, 3.8) is 0 Å². The number of carbonyl (C=O) groups is 1. The topological polar surface area (TPSA) is 86.6 Å². The van der Waals surface area contributed by atoms with Crippen LogP contribution in [0.5, 0.6) is 0 Å². The summed E-state index contributed by atoms with van der Waals surface area (Å²) in [7, 11) is 0. The van der Waals surface area contributed by atoms with Crippen LogP contribution >= 0.6 is 0 Å². The van der Waals surface area contributed by atoms with Crippen LogP contribution in [0.3, 0.4) is 0 Å². The second-order valence-electron chi connectivity index (χ2n) is 3.37. The van der Waals surface area contributed by atoms with Gasteiger partial charge in [0.05, 0.1) is 5.71 Å². The third kappa shape index (κ3) is 1.39. The second kappa shape index (κ2) is 3.41. The molecule has 2 heterocycles. The van der Waals surface area contributed by atoms with Crippen molar-refractivity contribution in [3.05, 3.63) is 30.1 Å². The summed E-state index contributed by atoms with van der Waals surface area (Å²) in [6.07, 6.45) is 3.19. The van der Waals surface area contributed by atoms with Crippen molar-refractivity contribution in [3.8, 4) is 0 Å². The van der Waals surface area contributed by atoms with Crippen LogP contribution in [0.15, 0.2) is 29.6 Å². The Morgan fingerprint density at radius 3 is 2.73 bits per heavy atom. The molecule has 1 aromatic heterocycles. The van der Waals surface area contributed by atoms with Crippen molar-refractivity contribution in [1.82, 2.24) is 15.9 Å². The Hall–Kier alpha value is -1.79. The largest absolute Gasteiger partial charge is 0.315 e. The van der Waals surface area contributed by atoms with E-state index in [9.17, 15) is 4.79 Å². The number of aromatic nitrogens is 1. The number of nitrogens with one attached hydrogen (secondary N) is 2. The summed E-state index contributed by atoms with van der Waals surface area (Å²) in [5.41, 5.74) is 4.26. The first-order valence-electron chi connectivity index (χ1n) is 4.39. The van der Waals surface area contributed by atoms with Crippen LogP contribution in [0.1, 0.15) is 12.5 Å². The van der Waals surface area contributed by atoms with Crippen LogP contribution in [-0.2, 0) is 4.79 Å². The summed E-state index contributed by atoms with van der Waals surface area (Å²) < 4.78 is 0. The van der Waals surface area contributed by atoms with Crippen LogP contribution < -0.4 is 10.9 Å². The van der Waals surface area contributed by atoms with Crippen molar-refractivity contribution in [1.29, 1.82) is 0 Å². The van der Waals surface area contributed by atoms with Gasteiger partial charge in [-0.3, -0.25) is 9.78 Å². The molecule has 6 nitrogen and oxygen atoms in total. The Kier molecular flexibility index (Phi) is 2.22. The van der Waals surface area contributed by atoms with Crippen molar-refractivity contribution in [2.75, 3.05) is 0 Å². The maximum atomic E-state index is 11.4. The molecule has 0 spiro atoms. The number of pyridine rings is 1. The average Bonchev–Trinajstić information content (AvgIpc) is 2.58. The van der Waals surface area contributed by atoms with Gasteiger partial charge in [0.2, 0.25) is 0 Å². The highest BCUT2D eigenvalue weighted by atomic mass is 16.5. The lowest BCUT2D eigenvalue weighted by Gasteiger charge is -2.20. The summed E-state index contributed by atoms with van der Waals surface area (Å²) in [6.45, 7) is 1.55. The predicted molar refractivity (Wildman–Crippen MR) is 52.2 cm³/mol. The van der Waals surface area contributed by atoms with Crippen LogP contribution in [0, 0.1) is 0 Å². The Morgan fingerprint density at radius 2 is 2.13 bits per heavy atom. The molecule has 1 atom stereocenters. The first-order chi connectivity index (χ1) is 7.18. The number of amides is 1. The highest BCUT2D eigenvalue weighted by Crippen LogP contribution is 2.17. The fraction of sp³-hybridized carbons (Fsp3) is 0.222. The molecule has 78 valence electrons. The maximum Gasteiger partial charge on any atom is 0.268 e. The number of hydrogen-bond donors (Lipinski definition) is 3. The quantitative estimate of drug-likeness (QED) is 0.577. The van der Waals surface area contributed by atoms with Crippen molar-refractivity contribution < 1.29 is 10.0 Å². The minimum absolute atomic E-state index is 0.392. The molecule has 0 saturated carbocycles. The minimum atomic E-state index is -1.21. The molecule has 1 unspecified atom stereocenters. The van der Waals surface area contributed by atoms with E-state index in [2.05, 4.69) is 15.5 Å². The van der Waals surface area contributed by atoms with Crippen molar-refractivity contribution >= 4 is 11.6 Å². The lowest BCUT2D eigenvalue weighted by Crippen LogP contribution is -2.53. The van der Waals surface area contributed by atoms with E-state index in [1.54, 1.807) is 31.5 Å². The fourth-order valence-corrected chi connectivity index (χ4v) is 1.40. The highest BCUT2D eigenvalue weighted by molar-refractivity contribution is 6.23. The van der Waals surface area contributed by atoms with Gasteiger partial charge < -0.3 is 5.21 Å². The van der Waals surface area contributed by atoms with Gasteiger partial charge >= 0.3 is 0 Å². The molecule has 1 amide bonds. The van der Waals surface area contributed by atoms with Crippen LogP contribution in [0.4, 0.5) is 0 Å². The van der Waals surface area contributed by atoms with Crippen LogP contribution in [-0.4, -0.2) is 27.3 Å². The Bertz CT molecular complexity index is 417. The number of nitrogens with zero attached hydrogens (tertiary/aromatic N) is 2. The molecule has 1 aliphatic heterocycles. The van der Waals surface area contributed by atoms with Gasteiger partial charge in [-0.15, -0.1) is 0 Å². The van der Waals surface area contributed by atoms with E-state index in [4.69, 9.17) is 5.21 Å². The van der Waals surface area contributed by atoms with E-state index in [1.807, 2.05) is 5.48 Å².